The monoisotopic (exact) mass is 251 g/mol. The molecule has 1 heterocycles. The SMILES string of the molecule is COc1cc(CCCN(C)C)cc2c1OCCO2. The van der Waals surface area contributed by atoms with E-state index in [2.05, 4.69) is 25.1 Å². The van der Waals surface area contributed by atoms with E-state index in [1.807, 2.05) is 6.07 Å². The topological polar surface area (TPSA) is 30.9 Å². The highest BCUT2D eigenvalue weighted by molar-refractivity contribution is 5.54. The summed E-state index contributed by atoms with van der Waals surface area (Å²) < 4.78 is 16.6. The van der Waals surface area contributed by atoms with Gasteiger partial charge in [-0.05, 0) is 51.2 Å². The van der Waals surface area contributed by atoms with E-state index in [1.54, 1.807) is 7.11 Å². The molecule has 0 amide bonds. The fraction of sp³-hybridized carbons (Fsp3) is 0.571. The fourth-order valence-electron chi connectivity index (χ4n) is 2.07. The number of methoxy groups -OCH3 is 1. The van der Waals surface area contributed by atoms with Crippen LogP contribution in [-0.2, 0) is 6.42 Å². The molecule has 0 atom stereocenters. The molecule has 0 unspecified atom stereocenters. The zero-order chi connectivity index (χ0) is 13.0. The van der Waals surface area contributed by atoms with E-state index in [1.165, 1.54) is 5.56 Å². The molecule has 1 aliphatic rings. The maximum atomic E-state index is 5.62. The number of benzene rings is 1. The summed E-state index contributed by atoms with van der Waals surface area (Å²) in [5.74, 6) is 2.31. The summed E-state index contributed by atoms with van der Waals surface area (Å²) in [5, 5.41) is 0. The Kier molecular flexibility index (Phi) is 4.31. The van der Waals surface area contributed by atoms with Crippen molar-refractivity contribution < 1.29 is 14.2 Å². The number of ether oxygens (including phenoxy) is 3. The second-order valence-corrected chi connectivity index (χ2v) is 4.73. The fourth-order valence-corrected chi connectivity index (χ4v) is 2.07. The van der Waals surface area contributed by atoms with Crippen molar-refractivity contribution >= 4 is 0 Å². The molecule has 4 nitrogen and oxygen atoms in total. The van der Waals surface area contributed by atoms with Crippen LogP contribution in [0.15, 0.2) is 12.1 Å². The van der Waals surface area contributed by atoms with Crippen LogP contribution in [0.5, 0.6) is 17.2 Å². The number of aryl methyl sites for hydroxylation is 1. The van der Waals surface area contributed by atoms with Crippen LogP contribution < -0.4 is 14.2 Å². The minimum absolute atomic E-state index is 0.587. The Bertz CT molecular complexity index is 387. The maximum Gasteiger partial charge on any atom is 0.203 e. The molecule has 0 fully saturated rings. The third-order valence-electron chi connectivity index (χ3n) is 2.96. The van der Waals surface area contributed by atoms with Gasteiger partial charge in [-0.3, -0.25) is 0 Å². The summed E-state index contributed by atoms with van der Waals surface area (Å²) >= 11 is 0. The molecule has 0 aliphatic carbocycles. The van der Waals surface area contributed by atoms with Gasteiger partial charge in [0.05, 0.1) is 7.11 Å². The first-order valence-electron chi connectivity index (χ1n) is 6.32. The molecule has 0 N–H and O–H groups in total. The lowest BCUT2D eigenvalue weighted by Gasteiger charge is -2.21. The van der Waals surface area contributed by atoms with Gasteiger partial charge in [-0.2, -0.15) is 0 Å². The molecular weight excluding hydrogens is 230 g/mol. The first kappa shape index (κ1) is 13.0. The van der Waals surface area contributed by atoms with Gasteiger partial charge in [0.2, 0.25) is 5.75 Å². The van der Waals surface area contributed by atoms with Crippen LogP contribution in [0, 0.1) is 0 Å². The lowest BCUT2D eigenvalue weighted by atomic mass is 10.1. The zero-order valence-corrected chi connectivity index (χ0v) is 11.4. The van der Waals surface area contributed by atoms with Gasteiger partial charge >= 0.3 is 0 Å². The lowest BCUT2D eigenvalue weighted by Crippen LogP contribution is -2.16. The third-order valence-corrected chi connectivity index (χ3v) is 2.96. The Morgan fingerprint density at radius 3 is 2.72 bits per heavy atom. The summed E-state index contributed by atoms with van der Waals surface area (Å²) in [5.41, 5.74) is 1.23. The standard InChI is InChI=1S/C14H21NO3/c1-15(2)6-4-5-11-9-12(16-3)14-13(10-11)17-7-8-18-14/h9-10H,4-8H2,1-3H3. The molecule has 2 rings (SSSR count). The average Bonchev–Trinajstić information content (AvgIpc) is 2.37. The Balaban J connectivity index is 2.11. The van der Waals surface area contributed by atoms with Gasteiger partial charge in [-0.1, -0.05) is 0 Å². The van der Waals surface area contributed by atoms with Crippen molar-refractivity contribution in [3.05, 3.63) is 17.7 Å². The Labute approximate surface area is 108 Å². The summed E-state index contributed by atoms with van der Waals surface area (Å²) in [6, 6.07) is 4.11. The quantitative estimate of drug-likeness (QED) is 0.800. The smallest absolute Gasteiger partial charge is 0.203 e. The molecule has 18 heavy (non-hydrogen) atoms. The predicted octanol–water partition coefficient (Wildman–Crippen LogP) is 1.96. The van der Waals surface area contributed by atoms with Gasteiger partial charge in [0, 0.05) is 0 Å². The second-order valence-electron chi connectivity index (χ2n) is 4.73. The summed E-state index contributed by atoms with van der Waals surface area (Å²) in [6.07, 6.45) is 2.14. The first-order valence-corrected chi connectivity index (χ1v) is 6.32. The van der Waals surface area contributed by atoms with E-state index in [0.29, 0.717) is 13.2 Å². The van der Waals surface area contributed by atoms with Crippen molar-refractivity contribution in [2.24, 2.45) is 0 Å². The molecule has 0 spiro atoms. The van der Waals surface area contributed by atoms with Crippen molar-refractivity contribution in [1.82, 2.24) is 4.90 Å². The van der Waals surface area contributed by atoms with Gasteiger partial charge in [0.15, 0.2) is 11.5 Å². The predicted molar refractivity (Wildman–Crippen MR) is 70.9 cm³/mol. The molecule has 0 saturated heterocycles. The minimum atomic E-state index is 0.587. The number of nitrogens with zero attached hydrogens (tertiary/aromatic N) is 1. The van der Waals surface area contributed by atoms with Crippen molar-refractivity contribution in [2.75, 3.05) is 41.0 Å². The zero-order valence-electron chi connectivity index (χ0n) is 11.4. The van der Waals surface area contributed by atoms with Gasteiger partial charge in [0.25, 0.3) is 0 Å². The molecule has 0 radical (unpaired) electrons. The number of rotatable bonds is 5. The van der Waals surface area contributed by atoms with E-state index in [4.69, 9.17) is 14.2 Å². The molecule has 4 heteroatoms. The molecule has 1 aliphatic heterocycles. The molecule has 0 aromatic heterocycles. The second kappa shape index (κ2) is 5.96. The normalized spacial score (nSPS) is 13.8. The highest BCUT2D eigenvalue weighted by atomic mass is 16.6. The Hall–Kier alpha value is -1.42. The van der Waals surface area contributed by atoms with Gasteiger partial charge < -0.3 is 19.1 Å². The van der Waals surface area contributed by atoms with Crippen LogP contribution in [0.4, 0.5) is 0 Å². The van der Waals surface area contributed by atoms with Crippen molar-refractivity contribution in [1.29, 1.82) is 0 Å². The molecule has 0 saturated carbocycles. The van der Waals surface area contributed by atoms with Crippen molar-refractivity contribution in [3.8, 4) is 17.2 Å². The lowest BCUT2D eigenvalue weighted by molar-refractivity contribution is 0.165. The first-order chi connectivity index (χ1) is 8.70. The van der Waals surface area contributed by atoms with E-state index in [-0.39, 0.29) is 0 Å². The molecule has 1 aromatic rings. The van der Waals surface area contributed by atoms with Crippen LogP contribution in [0.1, 0.15) is 12.0 Å². The maximum absolute atomic E-state index is 5.62. The van der Waals surface area contributed by atoms with Crippen molar-refractivity contribution in [3.63, 3.8) is 0 Å². The largest absolute Gasteiger partial charge is 0.493 e. The van der Waals surface area contributed by atoms with E-state index in [0.717, 1.165) is 36.6 Å². The number of hydrogen-bond acceptors (Lipinski definition) is 4. The summed E-state index contributed by atoms with van der Waals surface area (Å²) in [4.78, 5) is 2.19. The third kappa shape index (κ3) is 3.07. The van der Waals surface area contributed by atoms with Gasteiger partial charge in [0.1, 0.15) is 13.2 Å². The number of hydrogen-bond donors (Lipinski definition) is 0. The van der Waals surface area contributed by atoms with Crippen LogP contribution in [0.2, 0.25) is 0 Å². The van der Waals surface area contributed by atoms with E-state index < -0.39 is 0 Å². The van der Waals surface area contributed by atoms with Crippen LogP contribution >= 0.6 is 0 Å². The average molecular weight is 251 g/mol. The Morgan fingerprint density at radius 2 is 2.00 bits per heavy atom. The Morgan fingerprint density at radius 1 is 1.22 bits per heavy atom. The van der Waals surface area contributed by atoms with E-state index in [9.17, 15) is 0 Å². The van der Waals surface area contributed by atoms with Gasteiger partial charge in [-0.25, -0.2) is 0 Å². The van der Waals surface area contributed by atoms with Crippen LogP contribution in [-0.4, -0.2) is 45.9 Å². The molecule has 100 valence electrons. The summed E-state index contributed by atoms with van der Waals surface area (Å²) in [6.45, 7) is 2.28. The van der Waals surface area contributed by atoms with Gasteiger partial charge in [-0.15, -0.1) is 0 Å². The minimum Gasteiger partial charge on any atom is -0.493 e. The van der Waals surface area contributed by atoms with E-state index >= 15 is 0 Å². The molecule has 0 bridgehead atoms. The highest BCUT2D eigenvalue weighted by Gasteiger charge is 2.18. The van der Waals surface area contributed by atoms with Crippen LogP contribution in [0.25, 0.3) is 0 Å². The molecular formula is C14H21NO3. The summed E-state index contributed by atoms with van der Waals surface area (Å²) in [7, 11) is 5.84. The number of fused-ring (bicyclic) bond motifs is 1. The molecule has 1 aromatic carbocycles. The highest BCUT2D eigenvalue weighted by Crippen LogP contribution is 2.40. The van der Waals surface area contributed by atoms with Crippen molar-refractivity contribution in [2.45, 2.75) is 12.8 Å². The van der Waals surface area contributed by atoms with Crippen LogP contribution in [0.3, 0.4) is 0 Å².